The average Bonchev–Trinajstić information content (AvgIpc) is 2.84. The topological polar surface area (TPSA) is 78.7 Å². The van der Waals surface area contributed by atoms with Gasteiger partial charge in [-0.2, -0.15) is 13.2 Å². The summed E-state index contributed by atoms with van der Waals surface area (Å²) in [5.41, 5.74) is 7.39. The van der Waals surface area contributed by atoms with Crippen LogP contribution in [0.5, 0.6) is 0 Å². The molecule has 0 bridgehead atoms. The van der Waals surface area contributed by atoms with E-state index in [0.717, 1.165) is 43.1 Å². The fourth-order valence-corrected chi connectivity index (χ4v) is 5.78. The Morgan fingerprint density at radius 1 is 1.11 bits per heavy atom. The molecule has 9 heteroatoms. The number of nitrogens with one attached hydrogen (secondary N) is 1. The Labute approximate surface area is 222 Å². The van der Waals surface area contributed by atoms with E-state index in [1.807, 2.05) is 17.9 Å². The number of carbonyl (C=O) groups is 2. The second-order valence-electron chi connectivity index (χ2n) is 11.1. The first-order valence-electron chi connectivity index (χ1n) is 13.3. The number of nitrogens with zero attached hydrogens (tertiary/aromatic N) is 2. The lowest BCUT2D eigenvalue weighted by atomic mass is 9.87. The summed E-state index contributed by atoms with van der Waals surface area (Å²) in [5, 5.41) is 2.65. The van der Waals surface area contributed by atoms with Crippen LogP contribution in [-0.2, 0) is 23.9 Å². The van der Waals surface area contributed by atoms with Gasteiger partial charge in [0.05, 0.1) is 12.1 Å². The van der Waals surface area contributed by atoms with Crippen molar-refractivity contribution in [1.82, 2.24) is 9.80 Å². The van der Waals surface area contributed by atoms with Gasteiger partial charge in [0, 0.05) is 30.4 Å². The third-order valence-electron chi connectivity index (χ3n) is 7.80. The Kier molecular flexibility index (Phi) is 8.47. The maximum Gasteiger partial charge on any atom is 0.416 e. The third-order valence-corrected chi connectivity index (χ3v) is 7.80. The highest BCUT2D eigenvalue weighted by Crippen LogP contribution is 2.36. The number of piperidine rings is 1. The largest absolute Gasteiger partial charge is 0.416 e. The Morgan fingerprint density at radius 3 is 2.45 bits per heavy atom. The minimum atomic E-state index is -4.51. The van der Waals surface area contributed by atoms with Crippen molar-refractivity contribution < 1.29 is 22.8 Å². The fraction of sp³-hybridized carbons (Fsp3) is 0.517. The Balaban J connectivity index is 1.48. The number of rotatable bonds is 7. The first kappa shape index (κ1) is 28.1. The van der Waals surface area contributed by atoms with Crippen molar-refractivity contribution in [3.63, 3.8) is 0 Å². The molecule has 2 amide bonds. The number of amides is 2. The van der Waals surface area contributed by atoms with E-state index < -0.39 is 23.6 Å². The molecular formula is C29H37F3N4O2. The maximum absolute atomic E-state index is 14.0. The van der Waals surface area contributed by atoms with Crippen LogP contribution in [0.4, 0.5) is 18.9 Å². The standard InChI is InChI=1S/C29H37F3N4O2/c1-18(2)36-10-8-20(9-11-36)12-21-4-6-24(14-26(21)29(30,31)32)34-28(38)22-5-7-25-19(3)15-35(17-27(33)37)16-23(25)13-22/h4-7,13-14,18-20H,8-12,15-17H2,1-3H3,(H2,33,37)(H,34,38)/t19-/m0/s1. The second-order valence-corrected chi connectivity index (χ2v) is 11.1. The molecule has 0 saturated carbocycles. The number of carbonyl (C=O) groups excluding carboxylic acids is 2. The number of nitrogens with two attached hydrogens (primary N) is 1. The van der Waals surface area contributed by atoms with Crippen LogP contribution in [-0.4, -0.2) is 53.8 Å². The van der Waals surface area contributed by atoms with Crippen molar-refractivity contribution in [2.45, 2.75) is 64.7 Å². The molecule has 206 valence electrons. The van der Waals surface area contributed by atoms with Crippen LogP contribution in [0.3, 0.4) is 0 Å². The third kappa shape index (κ3) is 6.74. The molecule has 3 N–H and O–H groups in total. The zero-order valence-corrected chi connectivity index (χ0v) is 22.3. The normalized spacial score (nSPS) is 19.4. The summed E-state index contributed by atoms with van der Waals surface area (Å²) in [6.45, 7) is 9.41. The highest BCUT2D eigenvalue weighted by molar-refractivity contribution is 6.04. The quantitative estimate of drug-likeness (QED) is 0.527. The van der Waals surface area contributed by atoms with Gasteiger partial charge in [-0.1, -0.05) is 19.1 Å². The lowest BCUT2D eigenvalue weighted by Gasteiger charge is -2.35. The average molecular weight is 531 g/mol. The van der Waals surface area contributed by atoms with Crippen molar-refractivity contribution in [2.75, 3.05) is 31.5 Å². The van der Waals surface area contributed by atoms with E-state index in [-0.39, 0.29) is 29.6 Å². The Morgan fingerprint density at radius 2 is 1.82 bits per heavy atom. The number of hydrogen-bond acceptors (Lipinski definition) is 4. The molecule has 2 aliphatic rings. The first-order valence-corrected chi connectivity index (χ1v) is 13.3. The number of likely N-dealkylation sites (tertiary alicyclic amines) is 1. The second kappa shape index (κ2) is 11.5. The lowest BCUT2D eigenvalue weighted by molar-refractivity contribution is -0.138. The molecule has 2 aromatic rings. The molecule has 1 saturated heterocycles. The number of halogens is 3. The Hall–Kier alpha value is -2.91. The van der Waals surface area contributed by atoms with E-state index in [1.165, 1.54) is 6.07 Å². The fourth-order valence-electron chi connectivity index (χ4n) is 5.78. The van der Waals surface area contributed by atoms with Crippen LogP contribution in [0.25, 0.3) is 0 Å². The summed E-state index contributed by atoms with van der Waals surface area (Å²) in [6, 6.07) is 9.87. The minimum absolute atomic E-state index is 0.113. The summed E-state index contributed by atoms with van der Waals surface area (Å²) in [6.07, 6.45) is -2.38. The minimum Gasteiger partial charge on any atom is -0.369 e. The zero-order chi connectivity index (χ0) is 27.6. The molecule has 0 radical (unpaired) electrons. The van der Waals surface area contributed by atoms with Gasteiger partial charge >= 0.3 is 6.18 Å². The number of hydrogen-bond donors (Lipinski definition) is 2. The van der Waals surface area contributed by atoms with Crippen LogP contribution in [0.2, 0.25) is 0 Å². The van der Waals surface area contributed by atoms with Crippen molar-refractivity contribution >= 4 is 17.5 Å². The van der Waals surface area contributed by atoms with Crippen LogP contribution in [0, 0.1) is 5.92 Å². The molecule has 2 heterocycles. The van der Waals surface area contributed by atoms with Gasteiger partial charge in [0.15, 0.2) is 0 Å². The van der Waals surface area contributed by atoms with E-state index >= 15 is 0 Å². The molecule has 38 heavy (non-hydrogen) atoms. The highest BCUT2D eigenvalue weighted by Gasteiger charge is 2.35. The van der Waals surface area contributed by atoms with Gasteiger partial charge in [-0.25, -0.2) is 0 Å². The van der Waals surface area contributed by atoms with Crippen molar-refractivity contribution in [2.24, 2.45) is 11.7 Å². The molecule has 1 fully saturated rings. The molecule has 0 spiro atoms. The number of anilines is 1. The number of benzene rings is 2. The molecule has 2 aromatic carbocycles. The molecule has 6 nitrogen and oxygen atoms in total. The molecule has 0 aliphatic carbocycles. The number of alkyl halides is 3. The molecular weight excluding hydrogens is 493 g/mol. The summed E-state index contributed by atoms with van der Waals surface area (Å²) in [4.78, 5) is 28.7. The summed E-state index contributed by atoms with van der Waals surface area (Å²) in [5.74, 6) is -0.526. The predicted molar refractivity (Wildman–Crippen MR) is 142 cm³/mol. The van der Waals surface area contributed by atoms with Gasteiger partial charge in [-0.05, 0) is 99.0 Å². The predicted octanol–water partition coefficient (Wildman–Crippen LogP) is 5.03. The number of primary amides is 1. The van der Waals surface area contributed by atoms with Crippen LogP contribution >= 0.6 is 0 Å². The SMILES string of the molecule is CC(C)N1CCC(Cc2ccc(NC(=O)c3ccc4c(c3)CN(CC(N)=O)C[C@@H]4C)cc2C(F)(F)F)CC1. The van der Waals surface area contributed by atoms with Crippen molar-refractivity contribution in [3.8, 4) is 0 Å². The van der Waals surface area contributed by atoms with E-state index in [4.69, 9.17) is 5.73 Å². The van der Waals surface area contributed by atoms with Gasteiger partial charge in [-0.15, -0.1) is 0 Å². The smallest absolute Gasteiger partial charge is 0.369 e. The monoisotopic (exact) mass is 530 g/mol. The van der Waals surface area contributed by atoms with Gasteiger partial charge < -0.3 is 16.0 Å². The van der Waals surface area contributed by atoms with E-state index in [9.17, 15) is 22.8 Å². The van der Waals surface area contributed by atoms with E-state index in [0.29, 0.717) is 31.1 Å². The zero-order valence-electron chi connectivity index (χ0n) is 22.3. The van der Waals surface area contributed by atoms with Gasteiger partial charge in [0.1, 0.15) is 0 Å². The van der Waals surface area contributed by atoms with Crippen molar-refractivity contribution in [3.05, 3.63) is 64.2 Å². The molecule has 1 atom stereocenters. The highest BCUT2D eigenvalue weighted by atomic mass is 19.4. The lowest BCUT2D eigenvalue weighted by Crippen LogP contribution is -2.39. The summed E-state index contributed by atoms with van der Waals surface area (Å²) in [7, 11) is 0. The molecule has 2 aliphatic heterocycles. The summed E-state index contributed by atoms with van der Waals surface area (Å²) < 4.78 is 42.0. The van der Waals surface area contributed by atoms with Crippen molar-refractivity contribution in [1.29, 1.82) is 0 Å². The molecule has 0 unspecified atom stereocenters. The maximum atomic E-state index is 14.0. The van der Waals surface area contributed by atoms with Gasteiger partial charge in [0.25, 0.3) is 5.91 Å². The summed E-state index contributed by atoms with van der Waals surface area (Å²) >= 11 is 0. The van der Waals surface area contributed by atoms with Crippen LogP contribution in [0.1, 0.15) is 72.1 Å². The number of fused-ring (bicyclic) bond motifs is 1. The molecule has 0 aromatic heterocycles. The van der Waals surface area contributed by atoms with Gasteiger partial charge in [0.2, 0.25) is 5.91 Å². The first-order chi connectivity index (χ1) is 17.9. The van der Waals surface area contributed by atoms with E-state index in [2.05, 4.69) is 24.1 Å². The van der Waals surface area contributed by atoms with Crippen LogP contribution < -0.4 is 11.1 Å². The van der Waals surface area contributed by atoms with Crippen LogP contribution in [0.15, 0.2) is 36.4 Å². The molecule has 4 rings (SSSR count). The van der Waals surface area contributed by atoms with E-state index in [1.54, 1.807) is 18.2 Å². The van der Waals surface area contributed by atoms with Gasteiger partial charge in [-0.3, -0.25) is 14.5 Å². The Bertz CT molecular complexity index is 1170.